The molecule has 1 aromatic rings. The van der Waals surface area contributed by atoms with Crippen LogP contribution >= 0.6 is 0 Å². The van der Waals surface area contributed by atoms with Crippen molar-refractivity contribution in [1.29, 1.82) is 0 Å². The summed E-state index contributed by atoms with van der Waals surface area (Å²) in [4.78, 5) is 12.1. The second-order valence-electron chi connectivity index (χ2n) is 6.75. The minimum absolute atomic E-state index is 0.116. The fourth-order valence-electron chi connectivity index (χ4n) is 3.89. The van der Waals surface area contributed by atoms with Crippen LogP contribution in [0.3, 0.4) is 0 Å². The standard InChI is InChI=1S/C18H25FN2O2/c1-23-17-5-2-12(10-16(17)19)6-7-20-18(22)11-13-8-14-3-4-15(9-13)21-14/h2,5,10,13-15,21H,3-4,6-9,11H2,1H3,(H,20,22). The first-order valence-corrected chi connectivity index (χ1v) is 8.49. The second-order valence-corrected chi connectivity index (χ2v) is 6.75. The van der Waals surface area contributed by atoms with Gasteiger partial charge in [0, 0.05) is 25.0 Å². The third-order valence-corrected chi connectivity index (χ3v) is 5.00. The molecule has 1 aromatic carbocycles. The Labute approximate surface area is 136 Å². The van der Waals surface area contributed by atoms with Crippen molar-refractivity contribution in [3.63, 3.8) is 0 Å². The van der Waals surface area contributed by atoms with Gasteiger partial charge in [-0.25, -0.2) is 4.39 Å². The summed E-state index contributed by atoms with van der Waals surface area (Å²) in [5.41, 5.74) is 0.864. The molecule has 4 nitrogen and oxygen atoms in total. The van der Waals surface area contributed by atoms with Crippen LogP contribution in [0.2, 0.25) is 0 Å². The number of benzene rings is 1. The van der Waals surface area contributed by atoms with Crippen LogP contribution in [-0.4, -0.2) is 31.6 Å². The van der Waals surface area contributed by atoms with Crippen LogP contribution in [-0.2, 0) is 11.2 Å². The summed E-state index contributed by atoms with van der Waals surface area (Å²) < 4.78 is 18.5. The minimum Gasteiger partial charge on any atom is -0.494 e. The number of carbonyl (C=O) groups excluding carboxylic acids is 1. The molecule has 126 valence electrons. The Morgan fingerprint density at radius 3 is 2.74 bits per heavy atom. The highest BCUT2D eigenvalue weighted by molar-refractivity contribution is 5.76. The van der Waals surface area contributed by atoms with Crippen molar-refractivity contribution in [2.75, 3.05) is 13.7 Å². The van der Waals surface area contributed by atoms with E-state index in [0.29, 0.717) is 37.4 Å². The summed E-state index contributed by atoms with van der Waals surface area (Å²) in [5, 5.41) is 6.56. The second kappa shape index (κ2) is 7.30. The van der Waals surface area contributed by atoms with Gasteiger partial charge < -0.3 is 15.4 Å². The number of piperidine rings is 1. The predicted octanol–water partition coefficient (Wildman–Crippen LogP) is 2.41. The summed E-state index contributed by atoms with van der Waals surface area (Å²) in [5.74, 6) is 0.511. The Hall–Kier alpha value is -1.62. The average molecular weight is 320 g/mol. The van der Waals surface area contributed by atoms with Crippen molar-refractivity contribution in [3.8, 4) is 5.75 Å². The Morgan fingerprint density at radius 2 is 2.09 bits per heavy atom. The lowest BCUT2D eigenvalue weighted by molar-refractivity contribution is -0.122. The van der Waals surface area contributed by atoms with E-state index in [1.165, 1.54) is 26.0 Å². The van der Waals surface area contributed by atoms with Crippen molar-refractivity contribution >= 4 is 5.91 Å². The van der Waals surface area contributed by atoms with Gasteiger partial charge in [0.2, 0.25) is 5.91 Å². The minimum atomic E-state index is -0.360. The van der Waals surface area contributed by atoms with Gasteiger partial charge in [-0.15, -0.1) is 0 Å². The first-order valence-electron chi connectivity index (χ1n) is 8.49. The zero-order valence-corrected chi connectivity index (χ0v) is 13.6. The Morgan fingerprint density at radius 1 is 1.35 bits per heavy atom. The van der Waals surface area contributed by atoms with Crippen molar-refractivity contribution < 1.29 is 13.9 Å². The van der Waals surface area contributed by atoms with Crippen LogP contribution in [0.5, 0.6) is 5.75 Å². The van der Waals surface area contributed by atoms with Gasteiger partial charge in [0.25, 0.3) is 0 Å². The largest absolute Gasteiger partial charge is 0.494 e. The van der Waals surface area contributed by atoms with Crippen LogP contribution < -0.4 is 15.4 Å². The average Bonchev–Trinajstić information content (AvgIpc) is 2.86. The summed E-state index contributed by atoms with van der Waals surface area (Å²) >= 11 is 0. The van der Waals surface area contributed by atoms with Crippen LogP contribution in [0.1, 0.15) is 37.7 Å². The molecular weight excluding hydrogens is 295 g/mol. The summed E-state index contributed by atoms with van der Waals surface area (Å²) in [7, 11) is 1.45. The van der Waals surface area contributed by atoms with Gasteiger partial charge in [-0.3, -0.25) is 4.79 Å². The Bertz CT molecular complexity index is 552. The number of hydrogen-bond acceptors (Lipinski definition) is 3. The van der Waals surface area contributed by atoms with E-state index in [-0.39, 0.29) is 17.5 Å². The van der Waals surface area contributed by atoms with E-state index in [1.807, 2.05) is 6.07 Å². The maximum atomic E-state index is 13.6. The molecule has 2 aliphatic heterocycles. The lowest BCUT2D eigenvalue weighted by atomic mass is 9.89. The quantitative estimate of drug-likeness (QED) is 0.846. The molecule has 2 heterocycles. The van der Waals surface area contributed by atoms with Gasteiger partial charge >= 0.3 is 0 Å². The maximum absolute atomic E-state index is 13.6. The zero-order valence-electron chi connectivity index (χ0n) is 13.6. The number of halogens is 1. The number of rotatable bonds is 6. The van der Waals surface area contributed by atoms with E-state index in [2.05, 4.69) is 10.6 Å². The van der Waals surface area contributed by atoms with E-state index in [1.54, 1.807) is 6.07 Å². The van der Waals surface area contributed by atoms with E-state index >= 15 is 0 Å². The molecule has 2 N–H and O–H groups in total. The molecule has 2 fully saturated rings. The number of nitrogens with one attached hydrogen (secondary N) is 2. The maximum Gasteiger partial charge on any atom is 0.220 e. The normalized spacial score (nSPS) is 26.1. The van der Waals surface area contributed by atoms with Gasteiger partial charge in [0.15, 0.2) is 11.6 Å². The number of ether oxygens (including phenoxy) is 1. The fourth-order valence-corrected chi connectivity index (χ4v) is 3.89. The van der Waals surface area contributed by atoms with Crippen molar-refractivity contribution in [2.45, 2.75) is 50.6 Å². The molecule has 1 amide bonds. The molecule has 2 atom stereocenters. The highest BCUT2D eigenvalue weighted by Crippen LogP contribution is 2.32. The zero-order chi connectivity index (χ0) is 16.2. The fraction of sp³-hybridized carbons (Fsp3) is 0.611. The van der Waals surface area contributed by atoms with Crippen molar-refractivity contribution in [3.05, 3.63) is 29.6 Å². The molecule has 2 unspecified atom stereocenters. The monoisotopic (exact) mass is 320 g/mol. The highest BCUT2D eigenvalue weighted by atomic mass is 19.1. The molecular formula is C18H25FN2O2. The first-order chi connectivity index (χ1) is 11.1. The number of carbonyl (C=O) groups is 1. The Balaban J connectivity index is 1.40. The van der Waals surface area contributed by atoms with Gasteiger partial charge in [-0.1, -0.05) is 6.07 Å². The number of methoxy groups -OCH3 is 1. The number of fused-ring (bicyclic) bond motifs is 2. The summed E-state index contributed by atoms with van der Waals surface area (Å²) in [6.45, 7) is 0.544. The first kappa shape index (κ1) is 16.2. The van der Waals surface area contributed by atoms with Gasteiger partial charge in [0.05, 0.1) is 7.11 Å². The lowest BCUT2D eigenvalue weighted by Crippen LogP contribution is -2.39. The molecule has 0 saturated carbocycles. The van der Waals surface area contributed by atoms with Gasteiger partial charge in [-0.05, 0) is 55.7 Å². The lowest BCUT2D eigenvalue weighted by Gasteiger charge is -2.28. The molecule has 5 heteroatoms. The smallest absolute Gasteiger partial charge is 0.220 e. The molecule has 2 saturated heterocycles. The SMILES string of the molecule is COc1ccc(CCNC(=O)CC2CC3CCC(C2)N3)cc1F. The highest BCUT2D eigenvalue weighted by Gasteiger charge is 2.34. The van der Waals surface area contributed by atoms with Crippen LogP contribution in [0.15, 0.2) is 18.2 Å². The summed E-state index contributed by atoms with van der Waals surface area (Å²) in [6, 6.07) is 6.16. The third-order valence-electron chi connectivity index (χ3n) is 5.00. The van der Waals surface area contributed by atoms with E-state index in [4.69, 9.17) is 4.74 Å². The molecule has 0 aliphatic carbocycles. The number of hydrogen-bond donors (Lipinski definition) is 2. The predicted molar refractivity (Wildman–Crippen MR) is 87.0 cm³/mol. The molecule has 23 heavy (non-hydrogen) atoms. The van der Waals surface area contributed by atoms with E-state index in [0.717, 1.165) is 18.4 Å². The molecule has 2 bridgehead atoms. The van der Waals surface area contributed by atoms with E-state index in [9.17, 15) is 9.18 Å². The number of amides is 1. The van der Waals surface area contributed by atoms with Gasteiger partial charge in [0.1, 0.15) is 0 Å². The molecule has 0 radical (unpaired) electrons. The van der Waals surface area contributed by atoms with Crippen molar-refractivity contribution in [2.24, 2.45) is 5.92 Å². The topological polar surface area (TPSA) is 50.4 Å². The van der Waals surface area contributed by atoms with Crippen molar-refractivity contribution in [1.82, 2.24) is 10.6 Å². The third kappa shape index (κ3) is 4.22. The van der Waals surface area contributed by atoms with Crippen LogP contribution in [0, 0.1) is 11.7 Å². The molecule has 2 aliphatic rings. The van der Waals surface area contributed by atoms with E-state index < -0.39 is 0 Å². The summed E-state index contributed by atoms with van der Waals surface area (Å²) in [6.07, 6.45) is 5.99. The molecule has 0 aromatic heterocycles. The molecule has 3 rings (SSSR count). The van der Waals surface area contributed by atoms with Crippen LogP contribution in [0.4, 0.5) is 4.39 Å². The molecule has 0 spiro atoms. The van der Waals surface area contributed by atoms with Gasteiger partial charge in [-0.2, -0.15) is 0 Å². The Kier molecular flexibility index (Phi) is 5.16. The van der Waals surface area contributed by atoms with Crippen LogP contribution in [0.25, 0.3) is 0 Å².